The summed E-state index contributed by atoms with van der Waals surface area (Å²) in [6.07, 6.45) is 0. The molecule has 2 aromatic rings. The molecule has 0 aromatic heterocycles. The zero-order chi connectivity index (χ0) is 22.1. The number of hydrogen-bond donors (Lipinski definition) is 3. The molecule has 2 aromatic carbocycles. The van der Waals surface area contributed by atoms with Crippen LogP contribution in [0.25, 0.3) is 0 Å². The van der Waals surface area contributed by atoms with E-state index in [0.29, 0.717) is 24.3 Å². The van der Waals surface area contributed by atoms with Gasteiger partial charge in [0.25, 0.3) is 0 Å². The maximum Gasteiger partial charge on any atom is 0.315 e. The molecule has 0 heterocycles. The Morgan fingerprint density at radius 1 is 1.00 bits per heavy atom. The van der Waals surface area contributed by atoms with Crippen LogP contribution in [0.3, 0.4) is 0 Å². The second kappa shape index (κ2) is 10.7. The van der Waals surface area contributed by atoms with E-state index in [9.17, 15) is 22.4 Å². The van der Waals surface area contributed by atoms with Crippen LogP contribution >= 0.6 is 0 Å². The molecular formula is C20H25FN4O4S. The van der Waals surface area contributed by atoms with Gasteiger partial charge in [0.15, 0.2) is 0 Å². The fraction of sp³-hybridized carbons (Fsp3) is 0.300. The third kappa shape index (κ3) is 6.53. The van der Waals surface area contributed by atoms with Crippen molar-refractivity contribution in [2.75, 3.05) is 25.0 Å². The predicted octanol–water partition coefficient (Wildman–Crippen LogP) is 2.29. The summed E-state index contributed by atoms with van der Waals surface area (Å²) in [4.78, 5) is 24.0. The Morgan fingerprint density at radius 2 is 1.67 bits per heavy atom. The summed E-state index contributed by atoms with van der Waals surface area (Å²) >= 11 is 0. The summed E-state index contributed by atoms with van der Waals surface area (Å²) in [5.41, 5.74) is 1.02. The molecule has 0 radical (unpaired) electrons. The van der Waals surface area contributed by atoms with E-state index >= 15 is 0 Å². The molecule has 0 saturated heterocycles. The van der Waals surface area contributed by atoms with Crippen LogP contribution in [0, 0.1) is 5.82 Å². The number of benzene rings is 2. The highest BCUT2D eigenvalue weighted by Crippen LogP contribution is 2.19. The summed E-state index contributed by atoms with van der Waals surface area (Å²) in [5, 5.41) is 7.52. The van der Waals surface area contributed by atoms with Crippen molar-refractivity contribution in [1.29, 1.82) is 0 Å². The third-order valence-electron chi connectivity index (χ3n) is 4.24. The van der Waals surface area contributed by atoms with Crippen LogP contribution in [0.15, 0.2) is 53.4 Å². The Hall–Kier alpha value is -2.98. The molecule has 3 N–H and O–H groups in total. The van der Waals surface area contributed by atoms with E-state index in [1.54, 1.807) is 32.0 Å². The maximum absolute atomic E-state index is 12.9. The van der Waals surface area contributed by atoms with E-state index in [1.165, 1.54) is 34.6 Å². The zero-order valence-corrected chi connectivity index (χ0v) is 17.6. The minimum absolute atomic E-state index is 0.0778. The van der Waals surface area contributed by atoms with Gasteiger partial charge in [0.1, 0.15) is 5.82 Å². The Balaban J connectivity index is 1.87. The first-order valence-corrected chi connectivity index (χ1v) is 10.9. The van der Waals surface area contributed by atoms with Crippen LogP contribution in [0.2, 0.25) is 0 Å². The van der Waals surface area contributed by atoms with E-state index in [-0.39, 0.29) is 23.8 Å². The number of amides is 3. The Morgan fingerprint density at radius 3 is 2.30 bits per heavy atom. The van der Waals surface area contributed by atoms with Gasteiger partial charge < -0.3 is 16.0 Å². The molecule has 0 aliphatic rings. The molecule has 10 heteroatoms. The van der Waals surface area contributed by atoms with Gasteiger partial charge in [-0.3, -0.25) is 4.79 Å². The molecule has 0 fully saturated rings. The zero-order valence-electron chi connectivity index (χ0n) is 16.8. The van der Waals surface area contributed by atoms with Crippen molar-refractivity contribution in [2.45, 2.75) is 25.3 Å². The molecule has 0 aliphatic carbocycles. The molecule has 3 amide bonds. The topological polar surface area (TPSA) is 108 Å². The normalized spacial score (nSPS) is 11.2. The number of anilines is 1. The SMILES string of the molecule is CCN(CC)S(=O)(=O)c1cccc(NC(=O)CNC(=O)NCc2ccc(F)cc2)c1. The lowest BCUT2D eigenvalue weighted by atomic mass is 10.2. The molecule has 0 bridgehead atoms. The molecule has 30 heavy (non-hydrogen) atoms. The highest BCUT2D eigenvalue weighted by molar-refractivity contribution is 7.89. The summed E-state index contributed by atoms with van der Waals surface area (Å²) in [5.74, 6) is -0.877. The van der Waals surface area contributed by atoms with E-state index in [1.807, 2.05) is 0 Å². The highest BCUT2D eigenvalue weighted by Gasteiger charge is 2.21. The van der Waals surface area contributed by atoms with Gasteiger partial charge in [0.2, 0.25) is 15.9 Å². The van der Waals surface area contributed by atoms with Crippen LogP contribution < -0.4 is 16.0 Å². The van der Waals surface area contributed by atoms with Gasteiger partial charge in [-0.15, -0.1) is 0 Å². The van der Waals surface area contributed by atoms with Crippen molar-refractivity contribution in [1.82, 2.24) is 14.9 Å². The first-order chi connectivity index (χ1) is 14.3. The lowest BCUT2D eigenvalue weighted by Gasteiger charge is -2.18. The van der Waals surface area contributed by atoms with E-state index in [2.05, 4.69) is 16.0 Å². The average Bonchev–Trinajstić information content (AvgIpc) is 2.72. The molecule has 162 valence electrons. The molecule has 0 unspecified atom stereocenters. The van der Waals surface area contributed by atoms with Crippen LogP contribution in [-0.2, 0) is 21.4 Å². The van der Waals surface area contributed by atoms with Crippen LogP contribution in [-0.4, -0.2) is 44.3 Å². The lowest BCUT2D eigenvalue weighted by molar-refractivity contribution is -0.115. The van der Waals surface area contributed by atoms with Crippen LogP contribution in [0.4, 0.5) is 14.9 Å². The minimum Gasteiger partial charge on any atom is -0.334 e. The third-order valence-corrected chi connectivity index (χ3v) is 6.28. The van der Waals surface area contributed by atoms with Crippen molar-refractivity contribution in [3.05, 3.63) is 59.9 Å². The van der Waals surface area contributed by atoms with Gasteiger partial charge in [0.05, 0.1) is 11.4 Å². The van der Waals surface area contributed by atoms with Crippen molar-refractivity contribution in [3.63, 3.8) is 0 Å². The van der Waals surface area contributed by atoms with Gasteiger partial charge >= 0.3 is 6.03 Å². The first-order valence-electron chi connectivity index (χ1n) is 9.42. The van der Waals surface area contributed by atoms with Gasteiger partial charge in [-0.1, -0.05) is 32.0 Å². The maximum atomic E-state index is 12.9. The molecule has 0 aliphatic heterocycles. The monoisotopic (exact) mass is 436 g/mol. The summed E-state index contributed by atoms with van der Waals surface area (Å²) < 4.78 is 39.3. The molecule has 0 saturated carbocycles. The molecule has 0 spiro atoms. The van der Waals surface area contributed by atoms with Crippen molar-refractivity contribution in [3.8, 4) is 0 Å². The summed E-state index contributed by atoms with van der Waals surface area (Å²) in [6, 6.07) is 11.0. The van der Waals surface area contributed by atoms with Gasteiger partial charge in [-0.2, -0.15) is 4.31 Å². The molecule has 2 rings (SSSR count). The van der Waals surface area contributed by atoms with Gasteiger partial charge in [0, 0.05) is 25.3 Å². The fourth-order valence-corrected chi connectivity index (χ4v) is 4.16. The van der Waals surface area contributed by atoms with Crippen molar-refractivity contribution >= 4 is 27.6 Å². The number of halogens is 1. The number of nitrogens with zero attached hydrogens (tertiary/aromatic N) is 1. The fourth-order valence-electron chi connectivity index (χ4n) is 2.66. The largest absolute Gasteiger partial charge is 0.334 e. The van der Waals surface area contributed by atoms with Crippen molar-refractivity contribution < 1.29 is 22.4 Å². The minimum atomic E-state index is -3.64. The second-order valence-electron chi connectivity index (χ2n) is 6.33. The highest BCUT2D eigenvalue weighted by atomic mass is 32.2. The molecular weight excluding hydrogens is 411 g/mol. The standard InChI is InChI=1S/C20H25FN4O4S/c1-3-25(4-2)30(28,29)18-7-5-6-17(12-18)24-19(26)14-23-20(27)22-13-15-8-10-16(21)11-9-15/h5-12H,3-4,13-14H2,1-2H3,(H,24,26)(H2,22,23,27). The molecule has 0 atom stereocenters. The van der Waals surface area contributed by atoms with Crippen LogP contribution in [0.5, 0.6) is 0 Å². The summed E-state index contributed by atoms with van der Waals surface area (Å²) in [6.45, 7) is 4.05. The predicted molar refractivity (Wildman–Crippen MR) is 112 cm³/mol. The number of rotatable bonds is 9. The number of carbonyl (C=O) groups is 2. The Labute approximate surface area is 175 Å². The Kier molecular flexibility index (Phi) is 8.31. The lowest BCUT2D eigenvalue weighted by Crippen LogP contribution is -2.39. The summed E-state index contributed by atoms with van der Waals surface area (Å²) in [7, 11) is -3.64. The smallest absolute Gasteiger partial charge is 0.315 e. The van der Waals surface area contributed by atoms with Crippen LogP contribution in [0.1, 0.15) is 19.4 Å². The first kappa shape index (κ1) is 23.3. The number of sulfonamides is 1. The van der Waals surface area contributed by atoms with Gasteiger partial charge in [-0.05, 0) is 35.9 Å². The quantitative estimate of drug-likeness (QED) is 0.561. The number of nitrogens with one attached hydrogen (secondary N) is 3. The van der Waals surface area contributed by atoms with E-state index in [0.717, 1.165) is 0 Å². The molecule has 8 nitrogen and oxygen atoms in total. The number of carbonyl (C=O) groups excluding carboxylic acids is 2. The second-order valence-corrected chi connectivity index (χ2v) is 8.27. The Bertz CT molecular complexity index is 977. The van der Waals surface area contributed by atoms with Crippen molar-refractivity contribution in [2.24, 2.45) is 0 Å². The number of urea groups is 1. The average molecular weight is 437 g/mol. The van der Waals surface area contributed by atoms with E-state index < -0.39 is 22.0 Å². The number of hydrogen-bond acceptors (Lipinski definition) is 4. The van der Waals surface area contributed by atoms with E-state index in [4.69, 9.17) is 0 Å². The van der Waals surface area contributed by atoms with Gasteiger partial charge in [-0.25, -0.2) is 17.6 Å².